The lowest BCUT2D eigenvalue weighted by Gasteiger charge is -2.26. The maximum atomic E-state index is 13.1. The van der Waals surface area contributed by atoms with Gasteiger partial charge in [-0.25, -0.2) is 0 Å². The van der Waals surface area contributed by atoms with E-state index in [1.54, 1.807) is 4.68 Å². The second-order valence-electron chi connectivity index (χ2n) is 8.78. The molecule has 2 aromatic carbocycles. The number of aryl methyl sites for hydroxylation is 2. The van der Waals surface area contributed by atoms with Gasteiger partial charge < -0.3 is 10.0 Å². The highest BCUT2D eigenvalue weighted by Gasteiger charge is 2.38. The molecule has 1 aliphatic heterocycles. The summed E-state index contributed by atoms with van der Waals surface area (Å²) >= 11 is 0. The van der Waals surface area contributed by atoms with Gasteiger partial charge in [-0.1, -0.05) is 42.5 Å². The van der Waals surface area contributed by atoms with Crippen LogP contribution in [0.4, 0.5) is 0 Å². The Morgan fingerprint density at radius 2 is 1.94 bits per heavy atom. The van der Waals surface area contributed by atoms with Gasteiger partial charge in [0.15, 0.2) is 0 Å². The molecule has 1 fully saturated rings. The van der Waals surface area contributed by atoms with Gasteiger partial charge in [0, 0.05) is 24.7 Å². The fraction of sp³-hybridized carbons (Fsp3) is 0.400. The quantitative estimate of drug-likeness (QED) is 0.691. The number of aliphatic hydroxyl groups is 1. The van der Waals surface area contributed by atoms with E-state index in [4.69, 9.17) is 0 Å². The molecule has 6 nitrogen and oxygen atoms in total. The van der Waals surface area contributed by atoms with Crippen molar-refractivity contribution in [2.75, 3.05) is 0 Å². The molecule has 1 aliphatic carbocycles. The van der Waals surface area contributed by atoms with Gasteiger partial charge in [-0.3, -0.25) is 9.48 Å². The Balaban J connectivity index is 1.39. The van der Waals surface area contributed by atoms with E-state index >= 15 is 0 Å². The van der Waals surface area contributed by atoms with Crippen molar-refractivity contribution >= 4 is 5.91 Å². The van der Waals surface area contributed by atoms with Crippen molar-refractivity contribution in [3.8, 4) is 11.3 Å². The minimum absolute atomic E-state index is 0.0398. The number of nitrogens with zero attached hydrogens (tertiary/aromatic N) is 4. The number of carbonyl (C=O) groups excluding carboxylic acids is 1. The summed E-state index contributed by atoms with van der Waals surface area (Å²) in [6, 6.07) is 12.7. The normalized spacial score (nSPS) is 20.5. The first-order valence-corrected chi connectivity index (χ1v) is 11.1. The van der Waals surface area contributed by atoms with Crippen molar-refractivity contribution in [2.45, 2.75) is 57.7 Å². The molecule has 0 spiro atoms. The van der Waals surface area contributed by atoms with Gasteiger partial charge in [0.25, 0.3) is 5.91 Å². The first-order chi connectivity index (χ1) is 15.0. The van der Waals surface area contributed by atoms with Gasteiger partial charge in [-0.05, 0) is 60.4 Å². The molecule has 5 rings (SSSR count). The molecule has 6 heteroatoms. The van der Waals surface area contributed by atoms with E-state index in [2.05, 4.69) is 53.6 Å². The van der Waals surface area contributed by atoms with E-state index in [0.717, 1.165) is 54.5 Å². The van der Waals surface area contributed by atoms with Crippen LogP contribution in [0, 0.1) is 0 Å². The molecule has 1 N–H and O–H groups in total. The molecule has 0 radical (unpaired) electrons. The third kappa shape index (κ3) is 3.65. The average molecular weight is 417 g/mol. The van der Waals surface area contributed by atoms with E-state index in [1.165, 1.54) is 16.7 Å². The van der Waals surface area contributed by atoms with Crippen LogP contribution in [0.25, 0.3) is 11.3 Å². The number of rotatable bonds is 5. The predicted molar refractivity (Wildman–Crippen MR) is 119 cm³/mol. The largest absolute Gasteiger partial charge is 0.391 e. The SMILES string of the molecule is CCc1cc2c(cc1Cc1ccc(-c3cn(C)nn3)cc1)C(=O)N([C@@H]1CCC[C@H]1O)C2. The number of carbonyl (C=O) groups is 1. The predicted octanol–water partition coefficient (Wildman–Crippen LogP) is 3.50. The van der Waals surface area contributed by atoms with E-state index < -0.39 is 6.10 Å². The molecule has 1 saturated carbocycles. The second-order valence-corrected chi connectivity index (χ2v) is 8.78. The minimum Gasteiger partial charge on any atom is -0.391 e. The Kier molecular flexibility index (Phi) is 5.10. The standard InChI is InChI=1S/C25H28N4O2/c1-3-17-12-20-14-29(23-5-4-6-24(23)30)25(31)21(20)13-19(17)11-16-7-9-18(10-8-16)22-15-28(2)27-26-22/h7-10,12-13,15,23-24,30H,3-6,11,14H2,1-2H3/t23-,24-/m1/s1. The monoisotopic (exact) mass is 416 g/mol. The van der Waals surface area contributed by atoms with Crippen LogP contribution in [0.5, 0.6) is 0 Å². The van der Waals surface area contributed by atoms with Crippen molar-refractivity contribution in [1.82, 2.24) is 19.9 Å². The first-order valence-electron chi connectivity index (χ1n) is 11.1. The highest BCUT2D eigenvalue weighted by Crippen LogP contribution is 2.34. The molecule has 0 bridgehead atoms. The van der Waals surface area contributed by atoms with Gasteiger partial charge in [0.1, 0.15) is 5.69 Å². The highest BCUT2D eigenvalue weighted by molar-refractivity contribution is 5.99. The van der Waals surface area contributed by atoms with E-state index in [9.17, 15) is 9.90 Å². The maximum Gasteiger partial charge on any atom is 0.254 e. The Morgan fingerprint density at radius 3 is 2.58 bits per heavy atom. The molecule has 0 unspecified atom stereocenters. The second kappa shape index (κ2) is 7.93. The number of fused-ring (bicyclic) bond motifs is 1. The molecular formula is C25H28N4O2. The summed E-state index contributed by atoms with van der Waals surface area (Å²) in [7, 11) is 1.86. The zero-order valence-electron chi connectivity index (χ0n) is 18.1. The van der Waals surface area contributed by atoms with Gasteiger partial charge >= 0.3 is 0 Å². The molecule has 1 aromatic heterocycles. The summed E-state index contributed by atoms with van der Waals surface area (Å²) in [5.41, 5.74) is 7.51. The van der Waals surface area contributed by atoms with E-state index in [1.807, 2.05) is 18.1 Å². The molecule has 31 heavy (non-hydrogen) atoms. The van der Waals surface area contributed by atoms with Crippen LogP contribution < -0.4 is 0 Å². The number of aromatic nitrogens is 3. The third-order valence-corrected chi connectivity index (χ3v) is 6.73. The van der Waals surface area contributed by atoms with Crippen LogP contribution in [-0.4, -0.2) is 43.1 Å². The summed E-state index contributed by atoms with van der Waals surface area (Å²) < 4.78 is 1.70. The topological polar surface area (TPSA) is 71.2 Å². The molecule has 3 aromatic rings. The summed E-state index contributed by atoms with van der Waals surface area (Å²) in [5.74, 6) is 0.0721. The Hall–Kier alpha value is -2.99. The smallest absolute Gasteiger partial charge is 0.254 e. The molecule has 2 heterocycles. The molecule has 0 saturated heterocycles. The Bertz CT molecular complexity index is 1120. The van der Waals surface area contributed by atoms with Crippen LogP contribution in [0.3, 0.4) is 0 Å². The summed E-state index contributed by atoms with van der Waals surface area (Å²) in [6.07, 6.45) is 5.91. The lowest BCUT2D eigenvalue weighted by molar-refractivity contribution is 0.0479. The molecule has 1 amide bonds. The average Bonchev–Trinajstić information content (AvgIpc) is 3.47. The lowest BCUT2D eigenvalue weighted by Crippen LogP contribution is -2.40. The maximum absolute atomic E-state index is 13.1. The van der Waals surface area contributed by atoms with Gasteiger partial charge in [0.2, 0.25) is 0 Å². The fourth-order valence-corrected chi connectivity index (χ4v) is 5.02. The van der Waals surface area contributed by atoms with Crippen molar-refractivity contribution in [3.63, 3.8) is 0 Å². The van der Waals surface area contributed by atoms with Crippen LogP contribution in [0.1, 0.15) is 58.8 Å². The van der Waals surface area contributed by atoms with Crippen LogP contribution in [-0.2, 0) is 26.4 Å². The third-order valence-electron chi connectivity index (χ3n) is 6.73. The highest BCUT2D eigenvalue weighted by atomic mass is 16.3. The van der Waals surface area contributed by atoms with Crippen molar-refractivity contribution in [2.24, 2.45) is 7.05 Å². The number of hydrogen-bond acceptors (Lipinski definition) is 4. The number of amides is 1. The summed E-state index contributed by atoms with van der Waals surface area (Å²) in [6.45, 7) is 2.79. The van der Waals surface area contributed by atoms with Gasteiger partial charge in [0.05, 0.1) is 18.3 Å². The molecule has 2 aliphatic rings. The number of aliphatic hydroxyl groups excluding tert-OH is 1. The molecular weight excluding hydrogens is 388 g/mol. The van der Waals surface area contributed by atoms with Crippen molar-refractivity contribution in [3.05, 3.63) is 70.4 Å². The van der Waals surface area contributed by atoms with E-state index in [0.29, 0.717) is 6.54 Å². The summed E-state index contributed by atoms with van der Waals surface area (Å²) in [4.78, 5) is 15.0. The fourth-order valence-electron chi connectivity index (χ4n) is 5.02. The number of hydrogen-bond donors (Lipinski definition) is 1. The Labute approximate surface area is 182 Å². The molecule has 160 valence electrons. The van der Waals surface area contributed by atoms with Gasteiger partial charge in [-0.15, -0.1) is 5.10 Å². The van der Waals surface area contributed by atoms with Crippen molar-refractivity contribution < 1.29 is 9.90 Å². The van der Waals surface area contributed by atoms with Crippen molar-refractivity contribution in [1.29, 1.82) is 0 Å². The lowest BCUT2D eigenvalue weighted by atomic mass is 9.93. The van der Waals surface area contributed by atoms with Crippen LogP contribution >= 0.6 is 0 Å². The Morgan fingerprint density at radius 1 is 1.13 bits per heavy atom. The zero-order chi connectivity index (χ0) is 21.5. The number of benzene rings is 2. The minimum atomic E-state index is -0.392. The van der Waals surface area contributed by atoms with Crippen LogP contribution in [0.2, 0.25) is 0 Å². The first kappa shape index (κ1) is 19.9. The molecule has 2 atom stereocenters. The zero-order valence-corrected chi connectivity index (χ0v) is 18.1. The van der Waals surface area contributed by atoms with E-state index in [-0.39, 0.29) is 11.9 Å². The van der Waals surface area contributed by atoms with Gasteiger partial charge in [-0.2, -0.15) is 0 Å². The summed E-state index contributed by atoms with van der Waals surface area (Å²) in [5, 5.41) is 18.5. The van der Waals surface area contributed by atoms with Crippen LogP contribution in [0.15, 0.2) is 42.6 Å².